The van der Waals surface area contributed by atoms with Crippen molar-refractivity contribution in [3.63, 3.8) is 0 Å². The molecular weight excluding hydrogens is 685 g/mol. The van der Waals surface area contributed by atoms with Crippen molar-refractivity contribution in [1.82, 2.24) is 29.1 Å². The lowest BCUT2D eigenvalue weighted by atomic mass is 10.0. The van der Waals surface area contributed by atoms with Gasteiger partial charge in [0.05, 0.1) is 39.3 Å². The normalized spacial score (nSPS) is 11.6. The fourth-order valence-electron chi connectivity index (χ4n) is 8.08. The van der Waals surface area contributed by atoms with E-state index in [4.69, 9.17) is 9.97 Å². The molecule has 0 aliphatic rings. The van der Waals surface area contributed by atoms with Gasteiger partial charge in [-0.05, 0) is 119 Å². The van der Waals surface area contributed by atoms with Crippen molar-refractivity contribution in [3.8, 4) is 56.4 Å². The van der Waals surface area contributed by atoms with E-state index < -0.39 is 0 Å². The second-order valence-corrected chi connectivity index (χ2v) is 14.0. The Bertz CT molecular complexity index is 3160. The van der Waals surface area contributed by atoms with Crippen LogP contribution in [0.1, 0.15) is 0 Å². The summed E-state index contributed by atoms with van der Waals surface area (Å²) >= 11 is 0. The van der Waals surface area contributed by atoms with E-state index in [1.165, 1.54) is 21.7 Å². The van der Waals surface area contributed by atoms with Crippen LogP contribution in [0.2, 0.25) is 0 Å². The predicted molar refractivity (Wildman–Crippen MR) is 228 cm³/mol. The van der Waals surface area contributed by atoms with E-state index in [2.05, 4.69) is 146 Å². The van der Waals surface area contributed by atoms with Crippen LogP contribution in [0.15, 0.2) is 195 Å². The molecule has 6 heteroatoms. The molecule has 11 aromatic rings. The summed E-state index contributed by atoms with van der Waals surface area (Å²) in [7, 11) is 0. The lowest BCUT2D eigenvalue weighted by Crippen LogP contribution is -1.95. The smallest absolute Gasteiger partial charge is 0.145 e. The minimum Gasteiger partial charge on any atom is -0.309 e. The van der Waals surface area contributed by atoms with E-state index in [0.717, 1.165) is 78.5 Å². The molecule has 0 amide bonds. The van der Waals surface area contributed by atoms with Crippen molar-refractivity contribution in [1.29, 1.82) is 0 Å². The Kier molecular flexibility index (Phi) is 7.38. The molecule has 0 saturated carbocycles. The second kappa shape index (κ2) is 13.0. The molecule has 0 fully saturated rings. The highest BCUT2D eigenvalue weighted by Crippen LogP contribution is 2.38. The van der Waals surface area contributed by atoms with Crippen molar-refractivity contribution < 1.29 is 0 Å². The van der Waals surface area contributed by atoms with Crippen molar-refractivity contribution in [3.05, 3.63) is 195 Å². The molecule has 6 nitrogen and oxygen atoms in total. The van der Waals surface area contributed by atoms with Gasteiger partial charge >= 0.3 is 0 Å². The molecule has 0 N–H and O–H groups in total. The van der Waals surface area contributed by atoms with Crippen LogP contribution in [0, 0.1) is 0 Å². The molecule has 0 aliphatic heterocycles. The lowest BCUT2D eigenvalue weighted by molar-refractivity contribution is 1.14. The first-order valence-corrected chi connectivity index (χ1v) is 18.7. The van der Waals surface area contributed by atoms with Gasteiger partial charge in [-0.1, -0.05) is 78.9 Å². The average molecular weight is 717 g/mol. The van der Waals surface area contributed by atoms with Crippen LogP contribution >= 0.6 is 0 Å². The standard InChI is InChI=1S/C50H32N6/c1-2-11-37(12-3-1)56-48-25-21-34(29-42(48)41-14-10-28-53-50(41)56)35-20-24-40-39-13-4-5-17-47(39)55(49(40)32-35)38-22-18-33(19-23-38)36-30-45(43-15-6-8-26-51-43)54-46(31-36)44-16-7-9-27-52-44/h1-32H. The summed E-state index contributed by atoms with van der Waals surface area (Å²) in [4.78, 5) is 19.0. The summed E-state index contributed by atoms with van der Waals surface area (Å²) in [5, 5.41) is 4.75. The Labute approximate surface area is 322 Å². The molecule has 0 bridgehead atoms. The van der Waals surface area contributed by atoms with Crippen LogP contribution in [0.5, 0.6) is 0 Å². The second-order valence-electron chi connectivity index (χ2n) is 14.0. The molecule has 0 aliphatic carbocycles. The molecule has 6 heterocycles. The summed E-state index contributed by atoms with van der Waals surface area (Å²) in [6, 6.07) is 61.8. The van der Waals surface area contributed by atoms with Gasteiger partial charge in [-0.15, -0.1) is 0 Å². The van der Waals surface area contributed by atoms with Gasteiger partial charge in [-0.2, -0.15) is 0 Å². The van der Waals surface area contributed by atoms with Crippen molar-refractivity contribution >= 4 is 43.7 Å². The van der Waals surface area contributed by atoms with Crippen LogP contribution in [0.3, 0.4) is 0 Å². The quantitative estimate of drug-likeness (QED) is 0.172. The summed E-state index contributed by atoms with van der Waals surface area (Å²) in [6.45, 7) is 0. The van der Waals surface area contributed by atoms with E-state index >= 15 is 0 Å². The third-order valence-electron chi connectivity index (χ3n) is 10.7. The number of benzene rings is 5. The SMILES string of the molecule is c1ccc(-n2c3ccc(-c4ccc5c6ccccc6n(-c6ccc(-c7cc(-c8ccccn8)nc(-c8ccccn8)c7)cc6)c5c4)cc3c3cccnc32)cc1. The van der Waals surface area contributed by atoms with Gasteiger partial charge in [0.2, 0.25) is 0 Å². The fraction of sp³-hybridized carbons (Fsp3) is 0. The first kappa shape index (κ1) is 31.8. The van der Waals surface area contributed by atoms with E-state index in [9.17, 15) is 0 Å². The summed E-state index contributed by atoms with van der Waals surface area (Å²) in [5.74, 6) is 0. The number of hydrogen-bond donors (Lipinski definition) is 0. The molecule has 56 heavy (non-hydrogen) atoms. The van der Waals surface area contributed by atoms with Crippen LogP contribution in [-0.4, -0.2) is 29.1 Å². The third-order valence-corrected chi connectivity index (χ3v) is 10.7. The van der Waals surface area contributed by atoms with Gasteiger partial charge in [0.25, 0.3) is 0 Å². The molecule has 0 saturated heterocycles. The van der Waals surface area contributed by atoms with Crippen molar-refractivity contribution in [2.45, 2.75) is 0 Å². The summed E-state index contributed by atoms with van der Waals surface area (Å²) in [6.07, 6.45) is 5.48. The van der Waals surface area contributed by atoms with E-state index in [1.54, 1.807) is 12.4 Å². The maximum absolute atomic E-state index is 4.97. The van der Waals surface area contributed by atoms with Crippen LogP contribution in [-0.2, 0) is 0 Å². The highest BCUT2D eigenvalue weighted by Gasteiger charge is 2.17. The molecule has 262 valence electrons. The number of fused-ring (bicyclic) bond motifs is 6. The lowest BCUT2D eigenvalue weighted by Gasteiger charge is -2.12. The Morgan fingerprint density at radius 3 is 1.64 bits per heavy atom. The van der Waals surface area contributed by atoms with Crippen molar-refractivity contribution in [2.75, 3.05) is 0 Å². The Balaban J connectivity index is 1.03. The zero-order valence-corrected chi connectivity index (χ0v) is 30.2. The van der Waals surface area contributed by atoms with Gasteiger partial charge in [-0.3, -0.25) is 14.5 Å². The Morgan fingerprint density at radius 1 is 0.304 bits per heavy atom. The highest BCUT2D eigenvalue weighted by molar-refractivity contribution is 6.12. The van der Waals surface area contributed by atoms with Crippen molar-refractivity contribution in [2.24, 2.45) is 0 Å². The minimum absolute atomic E-state index is 0.807. The first-order valence-electron chi connectivity index (χ1n) is 18.7. The van der Waals surface area contributed by atoms with Gasteiger partial charge in [0.15, 0.2) is 0 Å². The largest absolute Gasteiger partial charge is 0.309 e. The van der Waals surface area contributed by atoms with E-state index in [1.807, 2.05) is 54.7 Å². The number of hydrogen-bond acceptors (Lipinski definition) is 4. The Hall–Kier alpha value is -7.70. The van der Waals surface area contributed by atoms with E-state index in [0.29, 0.717) is 0 Å². The fourth-order valence-corrected chi connectivity index (χ4v) is 8.08. The molecule has 0 unspecified atom stereocenters. The molecule has 6 aromatic heterocycles. The number of para-hydroxylation sites is 2. The molecule has 0 atom stereocenters. The van der Waals surface area contributed by atoms with Gasteiger partial charge in [-0.25, -0.2) is 9.97 Å². The maximum atomic E-state index is 4.97. The van der Waals surface area contributed by atoms with Gasteiger partial charge in [0, 0.05) is 51.5 Å². The topological polar surface area (TPSA) is 61.4 Å². The van der Waals surface area contributed by atoms with Gasteiger partial charge in [0.1, 0.15) is 5.65 Å². The molecule has 11 rings (SSSR count). The summed E-state index contributed by atoms with van der Waals surface area (Å²) < 4.78 is 4.64. The molecule has 0 radical (unpaired) electrons. The number of nitrogens with zero attached hydrogens (tertiary/aromatic N) is 6. The zero-order valence-electron chi connectivity index (χ0n) is 30.2. The average Bonchev–Trinajstić information content (AvgIpc) is 3.79. The molecule has 5 aromatic carbocycles. The number of aromatic nitrogens is 6. The Morgan fingerprint density at radius 2 is 0.893 bits per heavy atom. The molecular formula is C50H32N6. The predicted octanol–water partition coefficient (Wildman–Crippen LogP) is 12.1. The molecule has 0 spiro atoms. The van der Waals surface area contributed by atoms with Crippen LogP contribution < -0.4 is 0 Å². The van der Waals surface area contributed by atoms with E-state index in [-0.39, 0.29) is 0 Å². The van der Waals surface area contributed by atoms with Gasteiger partial charge < -0.3 is 4.57 Å². The number of rotatable bonds is 6. The van der Waals surface area contributed by atoms with Crippen LogP contribution in [0.4, 0.5) is 0 Å². The maximum Gasteiger partial charge on any atom is 0.145 e. The first-order chi connectivity index (χ1) is 27.8. The minimum atomic E-state index is 0.807. The summed E-state index contributed by atoms with van der Waals surface area (Å²) in [5.41, 5.74) is 14.3. The van der Waals surface area contributed by atoms with Crippen LogP contribution in [0.25, 0.3) is 100 Å². The third kappa shape index (κ3) is 5.27. The number of pyridine rings is 4. The monoisotopic (exact) mass is 716 g/mol. The zero-order chi connectivity index (χ0) is 37.0. The highest BCUT2D eigenvalue weighted by atomic mass is 15.0.